The van der Waals surface area contributed by atoms with Gasteiger partial charge in [-0.25, -0.2) is 0 Å². The lowest BCUT2D eigenvalue weighted by molar-refractivity contribution is 1.62. The Hall–Kier alpha value is -1.35. The molecule has 0 bridgehead atoms. The van der Waals surface area contributed by atoms with Gasteiger partial charge in [-0.05, 0) is 17.7 Å². The summed E-state index contributed by atoms with van der Waals surface area (Å²) in [6.07, 6.45) is 0. The molecule has 102 valence electrons. The van der Waals surface area contributed by atoms with Crippen LogP contribution >= 0.6 is 38.9 Å². The Balaban J connectivity index is 2.14. The Kier molecular flexibility index (Phi) is 3.26. The third kappa shape index (κ3) is 2.10. The van der Waals surface area contributed by atoms with E-state index in [1.165, 1.54) is 26.6 Å². The Labute approximate surface area is 140 Å². The van der Waals surface area contributed by atoms with Gasteiger partial charge in [-0.3, -0.25) is 0 Å². The van der Waals surface area contributed by atoms with Crippen molar-refractivity contribution < 1.29 is 0 Å². The summed E-state index contributed by atoms with van der Waals surface area (Å²) in [6, 6.07) is 20.9. The van der Waals surface area contributed by atoms with Crippen molar-refractivity contribution in [3.63, 3.8) is 0 Å². The highest BCUT2D eigenvalue weighted by Gasteiger charge is 2.13. The SMILES string of the molecule is Clc1cccc2c1sc1c(-c3ccccc3Br)cccc12. The summed E-state index contributed by atoms with van der Waals surface area (Å²) in [7, 11) is 0. The Morgan fingerprint density at radius 2 is 1.38 bits per heavy atom. The molecular formula is C18H10BrClS. The number of halogens is 2. The molecule has 0 N–H and O–H groups in total. The molecule has 0 atom stereocenters. The summed E-state index contributed by atoms with van der Waals surface area (Å²) in [6.45, 7) is 0. The van der Waals surface area contributed by atoms with E-state index in [0.717, 1.165) is 14.2 Å². The molecule has 0 amide bonds. The lowest BCUT2D eigenvalue weighted by Crippen LogP contribution is -1.79. The second-order valence-electron chi connectivity index (χ2n) is 4.88. The molecule has 4 rings (SSSR count). The van der Waals surface area contributed by atoms with Gasteiger partial charge in [0.2, 0.25) is 0 Å². The van der Waals surface area contributed by atoms with Crippen LogP contribution in [0.5, 0.6) is 0 Å². The van der Waals surface area contributed by atoms with Gasteiger partial charge in [-0.1, -0.05) is 76.1 Å². The zero-order chi connectivity index (χ0) is 14.4. The van der Waals surface area contributed by atoms with Crippen LogP contribution in [0.4, 0.5) is 0 Å². The quantitative estimate of drug-likeness (QED) is 0.332. The van der Waals surface area contributed by atoms with Gasteiger partial charge in [0.15, 0.2) is 0 Å². The fourth-order valence-electron chi connectivity index (χ4n) is 2.68. The van der Waals surface area contributed by atoms with Crippen molar-refractivity contribution in [2.75, 3.05) is 0 Å². The van der Waals surface area contributed by atoms with Crippen molar-refractivity contribution >= 4 is 59.0 Å². The summed E-state index contributed by atoms with van der Waals surface area (Å²) < 4.78 is 3.56. The van der Waals surface area contributed by atoms with E-state index in [1.807, 2.05) is 18.2 Å². The van der Waals surface area contributed by atoms with E-state index in [0.29, 0.717) is 0 Å². The molecule has 0 nitrogen and oxygen atoms in total. The minimum atomic E-state index is 0.826. The van der Waals surface area contributed by atoms with Gasteiger partial charge in [0.1, 0.15) is 0 Å². The third-order valence-corrected chi connectivity index (χ3v) is 6.05. The van der Waals surface area contributed by atoms with E-state index in [1.54, 1.807) is 11.3 Å². The number of rotatable bonds is 1. The number of fused-ring (bicyclic) bond motifs is 3. The van der Waals surface area contributed by atoms with Crippen molar-refractivity contribution in [3.8, 4) is 11.1 Å². The third-order valence-electron chi connectivity index (χ3n) is 3.64. The topological polar surface area (TPSA) is 0 Å². The maximum atomic E-state index is 6.36. The first-order chi connectivity index (χ1) is 10.3. The van der Waals surface area contributed by atoms with Crippen LogP contribution in [0.3, 0.4) is 0 Å². The van der Waals surface area contributed by atoms with E-state index in [9.17, 15) is 0 Å². The van der Waals surface area contributed by atoms with Gasteiger partial charge >= 0.3 is 0 Å². The molecule has 3 aromatic carbocycles. The van der Waals surface area contributed by atoms with Gasteiger partial charge in [-0.2, -0.15) is 0 Å². The molecule has 0 aliphatic carbocycles. The van der Waals surface area contributed by atoms with Crippen LogP contribution in [0.1, 0.15) is 0 Å². The van der Waals surface area contributed by atoms with E-state index < -0.39 is 0 Å². The standard InChI is InChI=1S/C18H10BrClS/c19-15-9-2-1-5-11(15)12-6-3-7-13-14-8-4-10-16(20)18(14)21-17(12)13/h1-10H. The average Bonchev–Trinajstić information content (AvgIpc) is 2.88. The zero-order valence-corrected chi connectivity index (χ0v) is 14.1. The van der Waals surface area contributed by atoms with Crippen molar-refractivity contribution in [1.82, 2.24) is 0 Å². The highest BCUT2D eigenvalue weighted by Crippen LogP contribution is 2.43. The molecule has 0 spiro atoms. The van der Waals surface area contributed by atoms with Crippen molar-refractivity contribution in [2.45, 2.75) is 0 Å². The summed E-state index contributed by atoms with van der Waals surface area (Å²) in [5.41, 5.74) is 2.46. The van der Waals surface area contributed by atoms with Crippen LogP contribution < -0.4 is 0 Å². The van der Waals surface area contributed by atoms with Gasteiger partial charge < -0.3 is 0 Å². The molecule has 1 aromatic heterocycles. The second kappa shape index (κ2) is 5.13. The summed E-state index contributed by atoms with van der Waals surface area (Å²) in [5.74, 6) is 0. The van der Waals surface area contributed by atoms with Crippen LogP contribution in [0.15, 0.2) is 65.1 Å². The lowest BCUT2D eigenvalue weighted by Gasteiger charge is -2.05. The number of hydrogen-bond donors (Lipinski definition) is 0. The molecule has 0 radical (unpaired) electrons. The summed E-state index contributed by atoms with van der Waals surface area (Å²) in [4.78, 5) is 0. The zero-order valence-electron chi connectivity index (χ0n) is 10.9. The molecule has 4 aromatic rings. The van der Waals surface area contributed by atoms with E-state index in [-0.39, 0.29) is 0 Å². The Morgan fingerprint density at radius 3 is 2.19 bits per heavy atom. The van der Waals surface area contributed by atoms with Crippen LogP contribution in [0.2, 0.25) is 5.02 Å². The van der Waals surface area contributed by atoms with Crippen LogP contribution in [0, 0.1) is 0 Å². The predicted octanol–water partition coefficient (Wildman–Crippen LogP) is 7.14. The van der Waals surface area contributed by atoms with Gasteiger partial charge in [0, 0.05) is 25.5 Å². The average molecular weight is 374 g/mol. The number of benzene rings is 3. The molecular weight excluding hydrogens is 364 g/mol. The van der Waals surface area contributed by atoms with Gasteiger partial charge in [0.05, 0.1) is 9.72 Å². The van der Waals surface area contributed by atoms with Gasteiger partial charge in [-0.15, -0.1) is 11.3 Å². The molecule has 3 heteroatoms. The minimum Gasteiger partial charge on any atom is -0.133 e. The number of hydrogen-bond acceptors (Lipinski definition) is 1. The molecule has 21 heavy (non-hydrogen) atoms. The maximum Gasteiger partial charge on any atom is 0.0584 e. The molecule has 0 aliphatic rings. The van der Waals surface area contributed by atoms with Crippen LogP contribution in [-0.4, -0.2) is 0 Å². The molecule has 0 aliphatic heterocycles. The lowest BCUT2D eigenvalue weighted by atomic mass is 10.0. The van der Waals surface area contributed by atoms with Crippen LogP contribution in [0.25, 0.3) is 31.3 Å². The monoisotopic (exact) mass is 372 g/mol. The smallest absolute Gasteiger partial charge is 0.0584 e. The van der Waals surface area contributed by atoms with E-state index in [4.69, 9.17) is 11.6 Å². The fourth-order valence-corrected chi connectivity index (χ4v) is 4.70. The first-order valence-corrected chi connectivity index (χ1v) is 8.59. The molecule has 0 unspecified atom stereocenters. The molecule has 1 heterocycles. The Morgan fingerprint density at radius 1 is 0.714 bits per heavy atom. The van der Waals surface area contributed by atoms with Crippen LogP contribution in [-0.2, 0) is 0 Å². The van der Waals surface area contributed by atoms with Crippen molar-refractivity contribution in [1.29, 1.82) is 0 Å². The second-order valence-corrected chi connectivity index (χ2v) is 7.16. The summed E-state index contributed by atoms with van der Waals surface area (Å²) >= 11 is 11.8. The van der Waals surface area contributed by atoms with E-state index >= 15 is 0 Å². The first kappa shape index (κ1) is 13.3. The maximum absolute atomic E-state index is 6.36. The van der Waals surface area contributed by atoms with Gasteiger partial charge in [0.25, 0.3) is 0 Å². The molecule has 0 fully saturated rings. The predicted molar refractivity (Wildman–Crippen MR) is 97.5 cm³/mol. The normalized spacial score (nSPS) is 11.3. The summed E-state index contributed by atoms with van der Waals surface area (Å²) in [5, 5.41) is 3.33. The molecule has 0 saturated carbocycles. The minimum absolute atomic E-state index is 0.826. The highest BCUT2D eigenvalue weighted by molar-refractivity contribution is 9.10. The largest absolute Gasteiger partial charge is 0.133 e. The highest BCUT2D eigenvalue weighted by atomic mass is 79.9. The fraction of sp³-hybridized carbons (Fsp3) is 0. The number of thiophene rings is 1. The van der Waals surface area contributed by atoms with Crippen molar-refractivity contribution in [2.24, 2.45) is 0 Å². The molecule has 0 saturated heterocycles. The van der Waals surface area contributed by atoms with E-state index in [2.05, 4.69) is 58.4 Å². The Bertz CT molecular complexity index is 971. The first-order valence-electron chi connectivity index (χ1n) is 6.60. The van der Waals surface area contributed by atoms with Crippen molar-refractivity contribution in [3.05, 3.63) is 70.2 Å².